The predicted octanol–water partition coefficient (Wildman–Crippen LogP) is 4.07. The van der Waals surface area contributed by atoms with Crippen LogP contribution in [0.1, 0.15) is 18.7 Å². The monoisotopic (exact) mass is 419 g/mol. The van der Waals surface area contributed by atoms with Crippen LogP contribution in [0.2, 0.25) is 0 Å². The standard InChI is InChI=1S/C22H15F2N5O2/c1-11(29-22-14(9-28-29)21(25)26-10-27-22)20-17(12-5-7-13(23)8-6-12)19(30)18-15(24)3-2-4-16(18)31-20/h2-11H,1H3,(H2,25,26,27). The SMILES string of the molecule is CC(c1oc2cccc(F)c2c(=O)c1-c1ccc(F)cc1)n1ncc2c(N)ncnc21. The van der Waals surface area contributed by atoms with Crippen molar-refractivity contribution in [2.24, 2.45) is 0 Å². The summed E-state index contributed by atoms with van der Waals surface area (Å²) in [4.78, 5) is 21.6. The summed E-state index contributed by atoms with van der Waals surface area (Å²) in [5.74, 6) is -0.653. The highest BCUT2D eigenvalue weighted by Gasteiger charge is 2.25. The molecule has 0 saturated heterocycles. The van der Waals surface area contributed by atoms with Crippen molar-refractivity contribution in [2.45, 2.75) is 13.0 Å². The quantitative estimate of drug-likeness (QED) is 0.473. The van der Waals surface area contributed by atoms with Crippen molar-refractivity contribution < 1.29 is 13.2 Å². The number of hydrogen-bond donors (Lipinski definition) is 1. The van der Waals surface area contributed by atoms with E-state index < -0.39 is 23.1 Å². The summed E-state index contributed by atoms with van der Waals surface area (Å²) < 4.78 is 35.6. The molecule has 3 heterocycles. The topological polar surface area (TPSA) is 99.8 Å². The second-order valence-electron chi connectivity index (χ2n) is 7.05. The van der Waals surface area contributed by atoms with E-state index in [0.717, 1.165) is 0 Å². The van der Waals surface area contributed by atoms with E-state index in [0.29, 0.717) is 16.6 Å². The van der Waals surface area contributed by atoms with Gasteiger partial charge in [0.2, 0.25) is 5.43 Å². The van der Waals surface area contributed by atoms with E-state index in [1.807, 2.05) is 0 Å². The molecular formula is C22H15F2N5O2. The van der Waals surface area contributed by atoms with Gasteiger partial charge in [0.1, 0.15) is 46.6 Å². The number of benzene rings is 2. The minimum Gasteiger partial charge on any atom is -0.458 e. The van der Waals surface area contributed by atoms with E-state index in [9.17, 15) is 13.6 Å². The molecule has 1 atom stereocenters. The van der Waals surface area contributed by atoms with Crippen molar-refractivity contribution >= 4 is 27.8 Å². The van der Waals surface area contributed by atoms with Gasteiger partial charge in [-0.05, 0) is 36.8 Å². The zero-order valence-electron chi connectivity index (χ0n) is 16.2. The first-order chi connectivity index (χ1) is 15.0. The Morgan fingerprint density at radius 1 is 1.10 bits per heavy atom. The minimum absolute atomic E-state index is 0.100. The lowest BCUT2D eigenvalue weighted by molar-refractivity contribution is 0.444. The minimum atomic E-state index is -0.695. The third-order valence-corrected chi connectivity index (χ3v) is 5.20. The second kappa shape index (κ2) is 6.98. The zero-order chi connectivity index (χ0) is 21.7. The number of nitrogens with two attached hydrogens (primary N) is 1. The van der Waals surface area contributed by atoms with Crippen LogP contribution in [-0.4, -0.2) is 19.7 Å². The van der Waals surface area contributed by atoms with Gasteiger partial charge < -0.3 is 10.2 Å². The third-order valence-electron chi connectivity index (χ3n) is 5.20. The summed E-state index contributed by atoms with van der Waals surface area (Å²) in [7, 11) is 0. The Balaban J connectivity index is 1.83. The van der Waals surface area contributed by atoms with Crippen LogP contribution in [0.5, 0.6) is 0 Å². The Kier molecular flexibility index (Phi) is 4.25. The predicted molar refractivity (Wildman–Crippen MR) is 111 cm³/mol. The number of nitrogen functional groups attached to an aromatic ring is 1. The molecule has 0 aliphatic carbocycles. The van der Waals surface area contributed by atoms with Gasteiger partial charge in [0.05, 0.1) is 17.1 Å². The molecule has 7 nitrogen and oxygen atoms in total. The smallest absolute Gasteiger partial charge is 0.203 e. The van der Waals surface area contributed by atoms with Crippen LogP contribution in [0.15, 0.2) is 64.2 Å². The van der Waals surface area contributed by atoms with Crippen molar-refractivity contribution in [3.8, 4) is 11.1 Å². The summed E-state index contributed by atoms with van der Waals surface area (Å²) in [5.41, 5.74) is 6.41. The lowest BCUT2D eigenvalue weighted by Crippen LogP contribution is -2.17. The van der Waals surface area contributed by atoms with Crippen molar-refractivity contribution in [3.63, 3.8) is 0 Å². The molecule has 0 saturated carbocycles. The first-order valence-corrected chi connectivity index (χ1v) is 9.40. The van der Waals surface area contributed by atoms with Crippen molar-refractivity contribution in [2.75, 3.05) is 5.73 Å². The highest BCUT2D eigenvalue weighted by Crippen LogP contribution is 2.33. The number of anilines is 1. The summed E-state index contributed by atoms with van der Waals surface area (Å²) >= 11 is 0. The molecule has 31 heavy (non-hydrogen) atoms. The Morgan fingerprint density at radius 3 is 2.65 bits per heavy atom. The fraction of sp³-hybridized carbons (Fsp3) is 0.0909. The fourth-order valence-electron chi connectivity index (χ4n) is 3.68. The molecular weight excluding hydrogens is 404 g/mol. The number of fused-ring (bicyclic) bond motifs is 2. The van der Waals surface area contributed by atoms with Crippen molar-refractivity contribution in [3.05, 3.63) is 82.6 Å². The molecule has 3 aromatic heterocycles. The Morgan fingerprint density at radius 2 is 1.87 bits per heavy atom. The number of nitrogens with zero attached hydrogens (tertiary/aromatic N) is 4. The highest BCUT2D eigenvalue weighted by atomic mass is 19.1. The molecule has 0 amide bonds. The average molecular weight is 419 g/mol. The number of rotatable bonds is 3. The van der Waals surface area contributed by atoms with Crippen LogP contribution >= 0.6 is 0 Å². The van der Waals surface area contributed by atoms with Crippen LogP contribution < -0.4 is 11.2 Å². The average Bonchev–Trinajstić information content (AvgIpc) is 3.19. The Hall–Kier alpha value is -4.14. The van der Waals surface area contributed by atoms with Crippen LogP contribution in [-0.2, 0) is 0 Å². The number of hydrogen-bond acceptors (Lipinski definition) is 6. The summed E-state index contributed by atoms with van der Waals surface area (Å²) in [6.07, 6.45) is 2.84. The van der Waals surface area contributed by atoms with Gasteiger partial charge in [0.25, 0.3) is 0 Å². The largest absolute Gasteiger partial charge is 0.458 e. The van der Waals surface area contributed by atoms with Crippen molar-refractivity contribution in [1.82, 2.24) is 19.7 Å². The molecule has 5 aromatic rings. The van der Waals surface area contributed by atoms with Gasteiger partial charge in [-0.15, -0.1) is 0 Å². The van der Waals surface area contributed by atoms with Crippen molar-refractivity contribution in [1.29, 1.82) is 0 Å². The van der Waals surface area contributed by atoms with Crippen LogP contribution in [0.3, 0.4) is 0 Å². The van der Waals surface area contributed by atoms with Gasteiger partial charge in [0.15, 0.2) is 5.65 Å². The molecule has 0 aliphatic rings. The molecule has 0 bridgehead atoms. The first-order valence-electron chi connectivity index (χ1n) is 9.40. The molecule has 2 N–H and O–H groups in total. The number of halogens is 2. The Labute approximate surface area is 173 Å². The highest BCUT2D eigenvalue weighted by molar-refractivity contribution is 5.86. The maximum atomic E-state index is 14.5. The summed E-state index contributed by atoms with van der Waals surface area (Å²) in [5, 5.41) is 4.72. The van der Waals surface area contributed by atoms with Gasteiger partial charge in [0, 0.05) is 0 Å². The molecule has 2 aromatic carbocycles. The van der Waals surface area contributed by atoms with E-state index in [1.165, 1.54) is 55.0 Å². The van der Waals surface area contributed by atoms with E-state index in [1.54, 1.807) is 11.6 Å². The third kappa shape index (κ3) is 2.93. The fourth-order valence-corrected chi connectivity index (χ4v) is 3.68. The van der Waals surface area contributed by atoms with Gasteiger partial charge >= 0.3 is 0 Å². The van der Waals surface area contributed by atoms with Crippen LogP contribution in [0.4, 0.5) is 14.6 Å². The molecule has 5 rings (SSSR count). The lowest BCUT2D eigenvalue weighted by Gasteiger charge is -2.17. The number of aromatic nitrogens is 4. The first kappa shape index (κ1) is 18.9. The summed E-state index contributed by atoms with van der Waals surface area (Å²) in [6.45, 7) is 1.77. The van der Waals surface area contributed by atoms with Crippen LogP contribution in [0.25, 0.3) is 33.1 Å². The van der Waals surface area contributed by atoms with Crippen LogP contribution in [0, 0.1) is 11.6 Å². The molecule has 0 radical (unpaired) electrons. The second-order valence-corrected chi connectivity index (χ2v) is 7.05. The lowest BCUT2D eigenvalue weighted by atomic mass is 9.99. The molecule has 9 heteroatoms. The molecule has 1 unspecified atom stereocenters. The Bertz CT molecular complexity index is 1510. The van der Waals surface area contributed by atoms with E-state index in [4.69, 9.17) is 10.2 Å². The van der Waals surface area contributed by atoms with E-state index in [-0.39, 0.29) is 28.1 Å². The van der Waals surface area contributed by atoms with E-state index in [2.05, 4.69) is 15.1 Å². The van der Waals surface area contributed by atoms with Gasteiger partial charge in [-0.1, -0.05) is 18.2 Å². The molecule has 0 aliphatic heterocycles. The normalized spacial score (nSPS) is 12.5. The molecule has 0 spiro atoms. The zero-order valence-corrected chi connectivity index (χ0v) is 16.2. The molecule has 0 fully saturated rings. The van der Waals surface area contributed by atoms with E-state index >= 15 is 0 Å². The van der Waals surface area contributed by atoms with Gasteiger partial charge in [-0.25, -0.2) is 23.4 Å². The van der Waals surface area contributed by atoms with Gasteiger partial charge in [-0.2, -0.15) is 5.10 Å². The maximum absolute atomic E-state index is 14.5. The molecule has 154 valence electrons. The maximum Gasteiger partial charge on any atom is 0.203 e. The summed E-state index contributed by atoms with van der Waals surface area (Å²) in [6, 6.07) is 8.91. The van der Waals surface area contributed by atoms with Gasteiger partial charge in [-0.3, -0.25) is 4.79 Å².